The van der Waals surface area contributed by atoms with Gasteiger partial charge in [0.1, 0.15) is 5.69 Å². The van der Waals surface area contributed by atoms with Crippen LogP contribution in [-0.4, -0.2) is 10.5 Å². The molecule has 106 valence electrons. The fraction of sp³-hybridized carbons (Fsp3) is 0.267. The molecule has 0 saturated carbocycles. The number of hydrogen-bond donors (Lipinski definition) is 2. The second-order valence-corrected chi connectivity index (χ2v) is 5.10. The smallest absolute Gasteiger partial charge is 0.268 e. The zero-order valence-electron chi connectivity index (χ0n) is 11.4. The molecule has 0 atom stereocenters. The Balaban J connectivity index is 2.03. The van der Waals surface area contributed by atoms with Crippen molar-refractivity contribution in [1.82, 2.24) is 9.88 Å². The Hall–Kier alpha value is -1.94. The van der Waals surface area contributed by atoms with Crippen molar-refractivity contribution in [1.29, 1.82) is 0 Å². The number of amides is 1. The quantitative estimate of drug-likeness (QED) is 0.832. The largest absolute Gasteiger partial charge is 0.399 e. The highest BCUT2D eigenvalue weighted by molar-refractivity contribution is 6.31. The van der Waals surface area contributed by atoms with Crippen molar-refractivity contribution < 1.29 is 4.79 Å². The third-order valence-corrected chi connectivity index (χ3v) is 3.20. The highest BCUT2D eigenvalue weighted by Crippen LogP contribution is 2.15. The molecule has 0 radical (unpaired) electrons. The standard InChI is InChI=1S/C15H18ClN3O/c1-2-7-19-10-12(16)8-14(19)15(20)18-9-11-3-5-13(17)6-4-11/h3-6,8,10H,2,7,9,17H2,1H3,(H,18,20). The fourth-order valence-corrected chi connectivity index (χ4v) is 2.22. The highest BCUT2D eigenvalue weighted by atomic mass is 35.5. The highest BCUT2D eigenvalue weighted by Gasteiger charge is 2.12. The number of nitrogens with one attached hydrogen (secondary N) is 1. The monoisotopic (exact) mass is 291 g/mol. The van der Waals surface area contributed by atoms with E-state index in [0.717, 1.165) is 18.5 Å². The molecule has 3 N–H and O–H groups in total. The first-order valence-corrected chi connectivity index (χ1v) is 6.96. The van der Waals surface area contributed by atoms with E-state index in [4.69, 9.17) is 17.3 Å². The molecule has 1 aromatic heterocycles. The van der Waals surface area contributed by atoms with Crippen LogP contribution in [0.15, 0.2) is 36.5 Å². The molecule has 5 heteroatoms. The van der Waals surface area contributed by atoms with E-state index in [1.54, 1.807) is 12.3 Å². The van der Waals surface area contributed by atoms with Crippen LogP contribution in [0.25, 0.3) is 0 Å². The van der Waals surface area contributed by atoms with Crippen LogP contribution in [0.4, 0.5) is 5.69 Å². The number of carbonyl (C=O) groups excluding carboxylic acids is 1. The maximum atomic E-state index is 12.2. The van der Waals surface area contributed by atoms with E-state index < -0.39 is 0 Å². The third kappa shape index (κ3) is 3.54. The Morgan fingerprint density at radius 3 is 2.70 bits per heavy atom. The predicted molar refractivity (Wildman–Crippen MR) is 81.8 cm³/mol. The number of anilines is 1. The lowest BCUT2D eigenvalue weighted by Gasteiger charge is -2.09. The van der Waals surface area contributed by atoms with Crippen molar-refractivity contribution in [2.75, 3.05) is 5.73 Å². The number of aromatic nitrogens is 1. The van der Waals surface area contributed by atoms with Gasteiger partial charge in [-0.3, -0.25) is 4.79 Å². The summed E-state index contributed by atoms with van der Waals surface area (Å²) in [5, 5.41) is 3.47. The number of carbonyl (C=O) groups is 1. The number of aryl methyl sites for hydroxylation is 1. The maximum Gasteiger partial charge on any atom is 0.268 e. The van der Waals surface area contributed by atoms with Gasteiger partial charge in [0, 0.05) is 25.0 Å². The van der Waals surface area contributed by atoms with E-state index >= 15 is 0 Å². The molecule has 0 fully saturated rings. The first-order valence-electron chi connectivity index (χ1n) is 6.58. The summed E-state index contributed by atoms with van der Waals surface area (Å²) in [6.07, 6.45) is 2.73. The van der Waals surface area contributed by atoms with Crippen molar-refractivity contribution in [2.45, 2.75) is 26.4 Å². The van der Waals surface area contributed by atoms with E-state index in [1.807, 2.05) is 28.8 Å². The Labute approximate surface area is 123 Å². The molecule has 1 aromatic carbocycles. The van der Waals surface area contributed by atoms with E-state index in [-0.39, 0.29) is 5.91 Å². The van der Waals surface area contributed by atoms with Gasteiger partial charge in [-0.05, 0) is 30.2 Å². The topological polar surface area (TPSA) is 60.0 Å². The van der Waals surface area contributed by atoms with Crippen LogP contribution in [0.3, 0.4) is 0 Å². The van der Waals surface area contributed by atoms with E-state index in [0.29, 0.717) is 22.9 Å². The minimum absolute atomic E-state index is 0.123. The zero-order valence-corrected chi connectivity index (χ0v) is 12.2. The van der Waals surface area contributed by atoms with E-state index in [9.17, 15) is 4.79 Å². The molecule has 0 aliphatic carbocycles. The van der Waals surface area contributed by atoms with E-state index in [1.165, 1.54) is 0 Å². The first-order chi connectivity index (χ1) is 9.60. The van der Waals surface area contributed by atoms with Crippen LogP contribution >= 0.6 is 11.6 Å². The van der Waals surface area contributed by atoms with E-state index in [2.05, 4.69) is 12.2 Å². The van der Waals surface area contributed by atoms with Crippen molar-refractivity contribution in [2.24, 2.45) is 0 Å². The summed E-state index contributed by atoms with van der Waals surface area (Å²) < 4.78 is 1.88. The van der Waals surface area contributed by atoms with Crippen LogP contribution in [0.1, 0.15) is 29.4 Å². The molecule has 0 aliphatic heterocycles. The number of nitrogens with zero attached hydrogens (tertiary/aromatic N) is 1. The average Bonchev–Trinajstić information content (AvgIpc) is 2.79. The predicted octanol–water partition coefficient (Wildman–Crippen LogP) is 3.06. The van der Waals surface area contributed by atoms with Crippen molar-refractivity contribution in [3.63, 3.8) is 0 Å². The van der Waals surface area contributed by atoms with Gasteiger partial charge in [0.25, 0.3) is 5.91 Å². The molecule has 2 rings (SSSR count). The second-order valence-electron chi connectivity index (χ2n) is 4.66. The van der Waals surface area contributed by atoms with Gasteiger partial charge in [-0.1, -0.05) is 30.7 Å². The summed E-state index contributed by atoms with van der Waals surface area (Å²) in [6.45, 7) is 3.30. The van der Waals surface area contributed by atoms with Gasteiger partial charge in [0.15, 0.2) is 0 Å². The Morgan fingerprint density at radius 2 is 2.05 bits per heavy atom. The normalized spacial score (nSPS) is 10.5. The molecule has 0 spiro atoms. The molecule has 0 saturated heterocycles. The molecular formula is C15H18ClN3O. The van der Waals surface area contributed by atoms with Gasteiger partial charge in [-0.2, -0.15) is 0 Å². The molecule has 1 amide bonds. The first kappa shape index (κ1) is 14.5. The van der Waals surface area contributed by atoms with Crippen LogP contribution in [0.5, 0.6) is 0 Å². The summed E-state index contributed by atoms with van der Waals surface area (Å²) in [5.41, 5.74) is 7.93. The summed E-state index contributed by atoms with van der Waals surface area (Å²) >= 11 is 5.97. The lowest BCUT2D eigenvalue weighted by molar-refractivity contribution is 0.0941. The Morgan fingerprint density at radius 1 is 1.35 bits per heavy atom. The molecular weight excluding hydrogens is 274 g/mol. The average molecular weight is 292 g/mol. The number of nitrogens with two attached hydrogens (primary N) is 1. The second kappa shape index (κ2) is 6.48. The van der Waals surface area contributed by atoms with Crippen molar-refractivity contribution in [3.8, 4) is 0 Å². The molecule has 20 heavy (non-hydrogen) atoms. The summed E-state index contributed by atoms with van der Waals surface area (Å²) in [7, 11) is 0. The third-order valence-electron chi connectivity index (χ3n) is 2.99. The van der Waals surface area contributed by atoms with Gasteiger partial charge < -0.3 is 15.6 Å². The van der Waals surface area contributed by atoms with Gasteiger partial charge in [0.2, 0.25) is 0 Å². The lowest BCUT2D eigenvalue weighted by Crippen LogP contribution is -2.25. The Kier molecular flexibility index (Phi) is 4.69. The number of nitrogen functional groups attached to an aromatic ring is 1. The minimum atomic E-state index is -0.123. The molecule has 0 unspecified atom stereocenters. The maximum absolute atomic E-state index is 12.2. The number of benzene rings is 1. The zero-order chi connectivity index (χ0) is 14.5. The minimum Gasteiger partial charge on any atom is -0.399 e. The van der Waals surface area contributed by atoms with Gasteiger partial charge in [0.05, 0.1) is 5.02 Å². The lowest BCUT2D eigenvalue weighted by atomic mass is 10.2. The number of rotatable bonds is 5. The van der Waals surface area contributed by atoms with Crippen LogP contribution in [-0.2, 0) is 13.1 Å². The van der Waals surface area contributed by atoms with Gasteiger partial charge >= 0.3 is 0 Å². The van der Waals surface area contributed by atoms with Crippen molar-refractivity contribution in [3.05, 3.63) is 52.8 Å². The summed E-state index contributed by atoms with van der Waals surface area (Å²) in [5.74, 6) is -0.123. The number of hydrogen-bond acceptors (Lipinski definition) is 2. The Bertz CT molecular complexity index is 590. The molecule has 0 bridgehead atoms. The van der Waals surface area contributed by atoms with Gasteiger partial charge in [-0.15, -0.1) is 0 Å². The molecule has 0 aliphatic rings. The summed E-state index contributed by atoms with van der Waals surface area (Å²) in [6, 6.07) is 9.12. The SMILES string of the molecule is CCCn1cc(Cl)cc1C(=O)NCc1ccc(N)cc1. The molecule has 4 nitrogen and oxygen atoms in total. The molecule has 2 aromatic rings. The van der Waals surface area contributed by atoms with Crippen molar-refractivity contribution >= 4 is 23.2 Å². The van der Waals surface area contributed by atoms with Crippen LogP contribution in [0.2, 0.25) is 5.02 Å². The van der Waals surface area contributed by atoms with Crippen LogP contribution < -0.4 is 11.1 Å². The van der Waals surface area contributed by atoms with Crippen LogP contribution in [0, 0.1) is 0 Å². The molecule has 1 heterocycles. The van der Waals surface area contributed by atoms with Gasteiger partial charge in [-0.25, -0.2) is 0 Å². The summed E-state index contributed by atoms with van der Waals surface area (Å²) in [4.78, 5) is 12.2. The number of halogens is 1. The fourth-order valence-electron chi connectivity index (χ4n) is 2.00.